The van der Waals surface area contributed by atoms with Crippen LogP contribution >= 0.6 is 24.0 Å². The molecule has 1 aromatic rings. The molecule has 1 heterocycles. The number of rotatable bonds is 10. The van der Waals surface area contributed by atoms with E-state index in [0.717, 1.165) is 64.5 Å². The molecule has 1 aliphatic heterocycles. The average molecular weight is 517 g/mol. The zero-order valence-corrected chi connectivity index (χ0v) is 20.7. The van der Waals surface area contributed by atoms with Gasteiger partial charge in [-0.15, -0.1) is 24.0 Å². The van der Waals surface area contributed by atoms with Gasteiger partial charge >= 0.3 is 0 Å². The Labute approximate surface area is 194 Å². The molecule has 3 N–H and O–H groups in total. The fourth-order valence-electron chi connectivity index (χ4n) is 4.06. The molecule has 2 rings (SSSR count). The minimum absolute atomic E-state index is 0. The molecule has 0 aromatic heterocycles. The third-order valence-electron chi connectivity index (χ3n) is 5.62. The first-order chi connectivity index (χ1) is 13.6. The highest BCUT2D eigenvalue weighted by molar-refractivity contribution is 14.0. The lowest BCUT2D eigenvalue weighted by Crippen LogP contribution is -2.42. The van der Waals surface area contributed by atoms with Gasteiger partial charge in [0.2, 0.25) is 0 Å². The van der Waals surface area contributed by atoms with Gasteiger partial charge in [0.1, 0.15) is 0 Å². The minimum atomic E-state index is 0. The third kappa shape index (κ3) is 8.80. The van der Waals surface area contributed by atoms with Crippen LogP contribution in [0.2, 0.25) is 0 Å². The van der Waals surface area contributed by atoms with E-state index in [-0.39, 0.29) is 36.0 Å². The lowest BCUT2D eigenvalue weighted by molar-refractivity contribution is 0.0531. The normalized spacial score (nSPS) is 17.5. The van der Waals surface area contributed by atoms with E-state index in [4.69, 9.17) is 9.73 Å². The first-order valence-electron chi connectivity index (χ1n) is 10.9. The standard InChI is InChI=1S/C23H39N3O2.HI/c1-4-24-22(25-17-20(10-13-27)16-19(2)3)26-18-23(11-14-28-15-12-23)21-8-6-5-7-9-21;/h5-9,19-20,27H,4,10-18H2,1-3H3,(H2,24,25,26);1H. The second-order valence-corrected chi connectivity index (χ2v) is 8.34. The van der Waals surface area contributed by atoms with Crippen molar-refractivity contribution in [1.82, 2.24) is 10.6 Å². The summed E-state index contributed by atoms with van der Waals surface area (Å²) < 4.78 is 5.64. The molecule has 0 aliphatic carbocycles. The number of aliphatic hydroxyl groups is 1. The van der Waals surface area contributed by atoms with E-state index in [2.05, 4.69) is 61.7 Å². The quantitative estimate of drug-likeness (QED) is 0.250. The highest BCUT2D eigenvalue weighted by Crippen LogP contribution is 2.35. The molecule has 1 saturated heterocycles. The van der Waals surface area contributed by atoms with E-state index >= 15 is 0 Å². The number of nitrogens with zero attached hydrogens (tertiary/aromatic N) is 1. The number of hydrogen-bond donors (Lipinski definition) is 3. The molecule has 6 heteroatoms. The Kier molecular flexibility index (Phi) is 12.8. The summed E-state index contributed by atoms with van der Waals surface area (Å²) in [6.45, 7) is 10.8. The van der Waals surface area contributed by atoms with Crippen molar-refractivity contribution in [2.24, 2.45) is 16.8 Å². The SMILES string of the molecule is CCNC(=NCC1(c2ccccc2)CCOCC1)NCC(CCO)CC(C)C.I. The van der Waals surface area contributed by atoms with Crippen LogP contribution in [0, 0.1) is 11.8 Å². The van der Waals surface area contributed by atoms with Crippen molar-refractivity contribution < 1.29 is 9.84 Å². The number of aliphatic imine (C=N–C) groups is 1. The van der Waals surface area contributed by atoms with Gasteiger partial charge in [0.05, 0.1) is 6.54 Å². The van der Waals surface area contributed by atoms with E-state index in [1.54, 1.807) is 0 Å². The molecule has 1 aliphatic rings. The van der Waals surface area contributed by atoms with Crippen molar-refractivity contribution >= 4 is 29.9 Å². The number of nitrogens with one attached hydrogen (secondary N) is 2. The molecule has 1 fully saturated rings. The highest BCUT2D eigenvalue weighted by atomic mass is 127. The number of ether oxygens (including phenoxy) is 1. The number of hydrogen-bond acceptors (Lipinski definition) is 3. The number of guanidine groups is 1. The maximum absolute atomic E-state index is 9.37. The first-order valence-corrected chi connectivity index (χ1v) is 10.9. The van der Waals surface area contributed by atoms with Gasteiger partial charge in [0.15, 0.2) is 5.96 Å². The molecule has 166 valence electrons. The van der Waals surface area contributed by atoms with Crippen molar-refractivity contribution in [2.45, 2.75) is 51.9 Å². The van der Waals surface area contributed by atoms with Gasteiger partial charge in [-0.2, -0.15) is 0 Å². The summed E-state index contributed by atoms with van der Waals surface area (Å²) in [5.41, 5.74) is 1.40. The van der Waals surface area contributed by atoms with Crippen LogP contribution < -0.4 is 10.6 Å². The third-order valence-corrected chi connectivity index (χ3v) is 5.62. The van der Waals surface area contributed by atoms with E-state index in [1.165, 1.54) is 5.56 Å². The summed E-state index contributed by atoms with van der Waals surface area (Å²) in [4.78, 5) is 4.97. The average Bonchev–Trinajstić information content (AvgIpc) is 2.71. The predicted molar refractivity (Wildman–Crippen MR) is 132 cm³/mol. The molecule has 0 saturated carbocycles. The van der Waals surface area contributed by atoms with Gasteiger partial charge in [0, 0.05) is 38.3 Å². The van der Waals surface area contributed by atoms with Crippen molar-refractivity contribution in [3.8, 4) is 0 Å². The fourth-order valence-corrected chi connectivity index (χ4v) is 4.06. The fraction of sp³-hybridized carbons (Fsp3) is 0.696. The Hall–Kier alpha value is -0.860. The van der Waals surface area contributed by atoms with Crippen molar-refractivity contribution in [1.29, 1.82) is 0 Å². The van der Waals surface area contributed by atoms with E-state index < -0.39 is 0 Å². The topological polar surface area (TPSA) is 65.9 Å². The summed E-state index contributed by atoms with van der Waals surface area (Å²) in [5, 5.41) is 16.3. The summed E-state index contributed by atoms with van der Waals surface area (Å²) in [6, 6.07) is 10.7. The Morgan fingerprint density at radius 1 is 1.17 bits per heavy atom. The van der Waals surface area contributed by atoms with Gasteiger partial charge in [-0.25, -0.2) is 0 Å². The molecule has 5 nitrogen and oxygen atoms in total. The Morgan fingerprint density at radius 3 is 2.45 bits per heavy atom. The zero-order valence-electron chi connectivity index (χ0n) is 18.3. The van der Waals surface area contributed by atoms with Crippen LogP contribution in [0.5, 0.6) is 0 Å². The lowest BCUT2D eigenvalue weighted by atomic mass is 9.74. The van der Waals surface area contributed by atoms with Crippen LogP contribution in [0.1, 0.15) is 52.0 Å². The van der Waals surface area contributed by atoms with Gasteiger partial charge in [0.25, 0.3) is 0 Å². The Bertz CT molecular complexity index is 575. The van der Waals surface area contributed by atoms with Crippen LogP contribution in [0.4, 0.5) is 0 Å². The Morgan fingerprint density at radius 2 is 1.86 bits per heavy atom. The zero-order chi connectivity index (χ0) is 20.2. The van der Waals surface area contributed by atoms with Crippen molar-refractivity contribution in [3.63, 3.8) is 0 Å². The lowest BCUT2D eigenvalue weighted by Gasteiger charge is -2.36. The van der Waals surface area contributed by atoms with Crippen LogP contribution in [-0.4, -0.2) is 50.5 Å². The van der Waals surface area contributed by atoms with Crippen LogP contribution in [0.25, 0.3) is 0 Å². The summed E-state index contributed by atoms with van der Waals surface area (Å²) in [7, 11) is 0. The predicted octanol–water partition coefficient (Wildman–Crippen LogP) is 3.95. The second-order valence-electron chi connectivity index (χ2n) is 8.34. The van der Waals surface area contributed by atoms with E-state index in [0.29, 0.717) is 11.8 Å². The molecule has 0 amide bonds. The van der Waals surface area contributed by atoms with E-state index in [9.17, 15) is 5.11 Å². The second kappa shape index (κ2) is 14.2. The number of halogens is 1. The van der Waals surface area contributed by atoms with Gasteiger partial charge in [-0.1, -0.05) is 44.2 Å². The molecule has 29 heavy (non-hydrogen) atoms. The maximum Gasteiger partial charge on any atom is 0.191 e. The first kappa shape index (κ1) is 26.2. The molecule has 0 bridgehead atoms. The number of aliphatic hydroxyl groups excluding tert-OH is 1. The summed E-state index contributed by atoms with van der Waals surface area (Å²) >= 11 is 0. The minimum Gasteiger partial charge on any atom is -0.396 e. The molecular formula is C23H40IN3O2. The van der Waals surface area contributed by atoms with E-state index in [1.807, 2.05) is 0 Å². The summed E-state index contributed by atoms with van der Waals surface area (Å²) in [6.07, 6.45) is 3.94. The monoisotopic (exact) mass is 517 g/mol. The van der Waals surface area contributed by atoms with Gasteiger partial charge in [-0.3, -0.25) is 4.99 Å². The van der Waals surface area contributed by atoms with Crippen LogP contribution in [0.15, 0.2) is 35.3 Å². The smallest absolute Gasteiger partial charge is 0.191 e. The van der Waals surface area contributed by atoms with Gasteiger partial charge < -0.3 is 20.5 Å². The molecule has 0 spiro atoms. The highest BCUT2D eigenvalue weighted by Gasteiger charge is 2.34. The maximum atomic E-state index is 9.37. The summed E-state index contributed by atoms with van der Waals surface area (Å²) in [5.74, 6) is 1.96. The molecule has 1 atom stereocenters. The van der Waals surface area contributed by atoms with Crippen molar-refractivity contribution in [2.75, 3.05) is 39.5 Å². The van der Waals surface area contributed by atoms with Crippen LogP contribution in [0.3, 0.4) is 0 Å². The largest absolute Gasteiger partial charge is 0.396 e. The molecule has 0 radical (unpaired) electrons. The van der Waals surface area contributed by atoms with Crippen LogP contribution in [-0.2, 0) is 10.2 Å². The molecule has 1 unspecified atom stereocenters. The molecular weight excluding hydrogens is 477 g/mol. The van der Waals surface area contributed by atoms with Gasteiger partial charge in [-0.05, 0) is 50.0 Å². The molecule has 1 aromatic carbocycles. The number of benzene rings is 1. The van der Waals surface area contributed by atoms with Crippen molar-refractivity contribution in [3.05, 3.63) is 35.9 Å². The Balaban J connectivity index is 0.00000420.